The summed E-state index contributed by atoms with van der Waals surface area (Å²) in [5, 5.41) is 12.9. The molecule has 1 amide bonds. The van der Waals surface area contributed by atoms with Gasteiger partial charge in [-0.25, -0.2) is 0 Å². The molecule has 122 valence electrons. The van der Waals surface area contributed by atoms with E-state index >= 15 is 0 Å². The summed E-state index contributed by atoms with van der Waals surface area (Å²) < 4.78 is 0. The highest BCUT2D eigenvalue weighted by molar-refractivity contribution is 8.13. The van der Waals surface area contributed by atoms with Gasteiger partial charge in [-0.2, -0.15) is 5.26 Å². The molecule has 1 aliphatic rings. The maximum atomic E-state index is 12.2. The lowest BCUT2D eigenvalue weighted by molar-refractivity contribution is 0.198. The molecule has 0 aliphatic carbocycles. The molecule has 24 heavy (non-hydrogen) atoms. The fraction of sp³-hybridized carbons (Fsp3) is 0.263. The number of amides is 1. The lowest BCUT2D eigenvalue weighted by Crippen LogP contribution is -2.47. The number of carbonyl (C=O) groups excluding carboxylic acids is 1. The van der Waals surface area contributed by atoms with Gasteiger partial charge in [-0.1, -0.05) is 72.4 Å². The average Bonchev–Trinajstić information content (AvgIpc) is 2.98. The molecule has 2 atom stereocenters. The van der Waals surface area contributed by atoms with Crippen molar-refractivity contribution >= 4 is 17.0 Å². The van der Waals surface area contributed by atoms with Crippen LogP contribution in [0.5, 0.6) is 0 Å². The quantitative estimate of drug-likeness (QED) is 0.878. The van der Waals surface area contributed by atoms with E-state index in [2.05, 4.69) is 11.4 Å². The topological polar surface area (TPSA) is 56.1 Å². The van der Waals surface area contributed by atoms with E-state index in [1.54, 1.807) is 0 Å². The maximum absolute atomic E-state index is 12.2. The summed E-state index contributed by atoms with van der Waals surface area (Å²) in [5.74, 6) is 0.645. The molecule has 0 aromatic heterocycles. The van der Waals surface area contributed by atoms with Gasteiger partial charge in [-0.15, -0.1) is 0 Å². The molecule has 0 bridgehead atoms. The van der Waals surface area contributed by atoms with Gasteiger partial charge in [0.2, 0.25) is 0 Å². The molecule has 2 aromatic rings. The van der Waals surface area contributed by atoms with Crippen LogP contribution in [0.15, 0.2) is 60.7 Å². The Hall–Kier alpha value is -2.29. The summed E-state index contributed by atoms with van der Waals surface area (Å²) in [5.41, 5.74) is 2.21. The first-order valence-electron chi connectivity index (χ1n) is 7.92. The maximum Gasteiger partial charge on any atom is 0.282 e. The van der Waals surface area contributed by atoms with Crippen molar-refractivity contribution in [2.75, 3.05) is 5.75 Å². The van der Waals surface area contributed by atoms with Crippen molar-refractivity contribution in [3.63, 3.8) is 0 Å². The lowest BCUT2D eigenvalue weighted by atomic mass is 10.1. The highest BCUT2D eigenvalue weighted by Gasteiger charge is 2.37. The Balaban J connectivity index is 1.68. The second-order valence-electron chi connectivity index (χ2n) is 5.73. The largest absolute Gasteiger partial charge is 0.323 e. The van der Waals surface area contributed by atoms with Crippen molar-refractivity contribution in [3.05, 3.63) is 71.8 Å². The van der Waals surface area contributed by atoms with Gasteiger partial charge in [0.25, 0.3) is 5.24 Å². The molecule has 1 aliphatic heterocycles. The Kier molecular flexibility index (Phi) is 5.52. The number of hydrogen-bond donors (Lipinski definition) is 1. The van der Waals surface area contributed by atoms with Crippen LogP contribution in [0.4, 0.5) is 4.79 Å². The van der Waals surface area contributed by atoms with E-state index < -0.39 is 0 Å². The molecule has 3 rings (SSSR count). The van der Waals surface area contributed by atoms with Crippen LogP contribution in [-0.2, 0) is 13.1 Å². The minimum absolute atomic E-state index is 0.0469. The first-order valence-corrected chi connectivity index (χ1v) is 8.91. The van der Waals surface area contributed by atoms with Gasteiger partial charge >= 0.3 is 0 Å². The number of rotatable bonds is 6. The number of nitriles is 1. The standard InChI is InChI=1S/C19H19N3OS/c20-11-17(21-12-15-7-3-1-4-8-15)18-14-24-19(23)22(18)13-16-9-5-2-6-10-16/h1-10,17-18,21H,12-14H2/t17-,18?/m0/s1. The van der Waals surface area contributed by atoms with Crippen molar-refractivity contribution < 1.29 is 4.79 Å². The number of nitrogens with zero attached hydrogens (tertiary/aromatic N) is 2. The van der Waals surface area contributed by atoms with Gasteiger partial charge < -0.3 is 4.90 Å². The Morgan fingerprint density at radius 2 is 1.75 bits per heavy atom. The SMILES string of the molecule is N#C[C@H](NCc1ccccc1)C1CSC(=O)N1Cc1ccccc1. The second-order valence-corrected chi connectivity index (χ2v) is 6.70. The van der Waals surface area contributed by atoms with Gasteiger partial charge in [0.1, 0.15) is 6.04 Å². The van der Waals surface area contributed by atoms with Crippen LogP contribution in [0.3, 0.4) is 0 Å². The van der Waals surface area contributed by atoms with Crippen LogP contribution in [0.1, 0.15) is 11.1 Å². The number of benzene rings is 2. The Morgan fingerprint density at radius 1 is 1.12 bits per heavy atom. The van der Waals surface area contributed by atoms with Crippen LogP contribution in [0.2, 0.25) is 0 Å². The van der Waals surface area contributed by atoms with E-state index in [9.17, 15) is 10.1 Å². The molecule has 0 spiro atoms. The molecule has 1 heterocycles. The molecule has 0 radical (unpaired) electrons. The fourth-order valence-electron chi connectivity index (χ4n) is 2.79. The third kappa shape index (κ3) is 3.97. The monoisotopic (exact) mass is 337 g/mol. The van der Waals surface area contributed by atoms with Crippen molar-refractivity contribution in [2.24, 2.45) is 0 Å². The van der Waals surface area contributed by atoms with Gasteiger partial charge in [-0.05, 0) is 11.1 Å². The molecular weight excluding hydrogens is 318 g/mol. The summed E-state index contributed by atoms with van der Waals surface area (Å²) >= 11 is 1.29. The smallest absolute Gasteiger partial charge is 0.282 e. The van der Waals surface area contributed by atoms with E-state index in [-0.39, 0.29) is 17.3 Å². The van der Waals surface area contributed by atoms with Crippen molar-refractivity contribution in [3.8, 4) is 6.07 Å². The van der Waals surface area contributed by atoms with Crippen molar-refractivity contribution in [1.82, 2.24) is 10.2 Å². The second kappa shape index (κ2) is 8.00. The predicted octanol–water partition coefficient (Wildman–Crippen LogP) is 3.41. The average molecular weight is 337 g/mol. The number of carbonyl (C=O) groups is 1. The molecular formula is C19H19N3OS. The van der Waals surface area contributed by atoms with Crippen LogP contribution in [0.25, 0.3) is 0 Å². The minimum atomic E-state index is -0.382. The Labute approximate surface area is 146 Å². The van der Waals surface area contributed by atoms with Crippen LogP contribution in [-0.4, -0.2) is 28.0 Å². The third-order valence-corrected chi connectivity index (χ3v) is 5.09. The van der Waals surface area contributed by atoms with E-state index in [4.69, 9.17) is 0 Å². The van der Waals surface area contributed by atoms with Gasteiger partial charge in [0.05, 0.1) is 12.1 Å². The summed E-state index contributed by atoms with van der Waals surface area (Å²) in [4.78, 5) is 14.0. The number of hydrogen-bond acceptors (Lipinski definition) is 4. The molecule has 1 fully saturated rings. The van der Waals surface area contributed by atoms with Crippen molar-refractivity contribution in [1.29, 1.82) is 5.26 Å². The molecule has 1 saturated heterocycles. The van der Waals surface area contributed by atoms with Crippen LogP contribution >= 0.6 is 11.8 Å². The molecule has 1 unspecified atom stereocenters. The molecule has 4 nitrogen and oxygen atoms in total. The van der Waals surface area contributed by atoms with Crippen molar-refractivity contribution in [2.45, 2.75) is 25.2 Å². The Morgan fingerprint density at radius 3 is 2.38 bits per heavy atom. The van der Waals surface area contributed by atoms with Crippen LogP contribution in [0, 0.1) is 11.3 Å². The van der Waals surface area contributed by atoms with Gasteiger partial charge in [-0.3, -0.25) is 10.1 Å². The predicted molar refractivity (Wildman–Crippen MR) is 96.3 cm³/mol. The fourth-order valence-corrected chi connectivity index (χ4v) is 3.85. The summed E-state index contributed by atoms with van der Waals surface area (Å²) in [7, 11) is 0. The van der Waals surface area contributed by atoms with E-state index in [0.717, 1.165) is 11.1 Å². The number of nitrogens with one attached hydrogen (secondary N) is 1. The third-order valence-electron chi connectivity index (χ3n) is 4.10. The van der Waals surface area contributed by atoms with Gasteiger partial charge in [0.15, 0.2) is 0 Å². The Bertz CT molecular complexity index is 714. The summed E-state index contributed by atoms with van der Waals surface area (Å²) in [6, 6.07) is 21.7. The zero-order valence-electron chi connectivity index (χ0n) is 13.3. The van der Waals surface area contributed by atoms with Crippen LogP contribution < -0.4 is 5.32 Å². The molecule has 0 saturated carbocycles. The summed E-state index contributed by atoms with van der Waals surface area (Å²) in [6.07, 6.45) is 0. The minimum Gasteiger partial charge on any atom is -0.323 e. The first kappa shape index (κ1) is 16.6. The van der Waals surface area contributed by atoms with E-state index in [1.165, 1.54) is 11.8 Å². The molecule has 1 N–H and O–H groups in total. The molecule has 5 heteroatoms. The van der Waals surface area contributed by atoms with Gasteiger partial charge in [0, 0.05) is 18.8 Å². The first-order chi connectivity index (χ1) is 11.8. The zero-order valence-corrected chi connectivity index (χ0v) is 14.1. The zero-order chi connectivity index (χ0) is 16.8. The number of thioether (sulfide) groups is 1. The van der Waals surface area contributed by atoms with E-state index in [1.807, 2.05) is 65.6 Å². The highest BCUT2D eigenvalue weighted by Crippen LogP contribution is 2.28. The molecule has 2 aromatic carbocycles. The normalized spacial score (nSPS) is 18.4. The lowest BCUT2D eigenvalue weighted by Gasteiger charge is -2.28. The highest BCUT2D eigenvalue weighted by atomic mass is 32.2. The summed E-state index contributed by atoms with van der Waals surface area (Å²) in [6.45, 7) is 1.16. The van der Waals surface area contributed by atoms with E-state index in [0.29, 0.717) is 18.8 Å².